The molecule has 0 fully saturated rings. The van der Waals surface area contributed by atoms with E-state index in [2.05, 4.69) is 5.32 Å². The van der Waals surface area contributed by atoms with Gasteiger partial charge in [0.25, 0.3) is 5.91 Å². The maximum Gasteiger partial charge on any atom is 0.338 e. The van der Waals surface area contributed by atoms with Gasteiger partial charge in [-0.25, -0.2) is 4.79 Å². The third-order valence-electron chi connectivity index (χ3n) is 3.32. The monoisotopic (exact) mass is 311 g/mol. The van der Waals surface area contributed by atoms with Crippen LogP contribution < -0.4 is 5.32 Å². The van der Waals surface area contributed by atoms with Crippen LogP contribution in [0.1, 0.15) is 33.2 Å². The van der Waals surface area contributed by atoms with Gasteiger partial charge in [-0.1, -0.05) is 42.5 Å². The number of hydrogen-bond donors (Lipinski definition) is 1. The first-order chi connectivity index (χ1) is 11.0. The highest BCUT2D eigenvalue weighted by atomic mass is 16.5. The van der Waals surface area contributed by atoms with E-state index in [4.69, 9.17) is 4.74 Å². The highest BCUT2D eigenvalue weighted by molar-refractivity contribution is 6.09. The van der Waals surface area contributed by atoms with Crippen LogP contribution in [-0.2, 0) is 9.53 Å². The van der Waals surface area contributed by atoms with Gasteiger partial charge in [-0.3, -0.25) is 9.59 Å². The number of amides is 1. The van der Waals surface area contributed by atoms with Crippen molar-refractivity contribution < 1.29 is 19.1 Å². The molecule has 1 amide bonds. The molecular formula is C18H17NO4. The second-order valence-corrected chi connectivity index (χ2v) is 4.93. The van der Waals surface area contributed by atoms with Crippen LogP contribution in [0.15, 0.2) is 54.6 Å². The molecule has 2 aromatic carbocycles. The standard InChI is InChI=1S/C18H17NO4/c1-12(17(21)19-2)23-18(22)15-10-8-14(9-11-15)16(20)13-6-4-3-5-7-13/h3-12H,1-2H3,(H,19,21)/t12-/m0/s1. The van der Waals surface area contributed by atoms with Gasteiger partial charge in [0.2, 0.25) is 0 Å². The van der Waals surface area contributed by atoms with Crippen LogP contribution in [0.25, 0.3) is 0 Å². The molecule has 0 aliphatic carbocycles. The fourth-order valence-corrected chi connectivity index (χ4v) is 2.00. The maximum absolute atomic E-state index is 12.3. The Bertz CT molecular complexity index is 708. The molecule has 0 aliphatic rings. The van der Waals surface area contributed by atoms with E-state index in [1.165, 1.54) is 26.1 Å². The van der Waals surface area contributed by atoms with Crippen LogP contribution in [-0.4, -0.2) is 30.8 Å². The topological polar surface area (TPSA) is 72.5 Å². The summed E-state index contributed by atoms with van der Waals surface area (Å²) in [5.74, 6) is -1.11. The van der Waals surface area contributed by atoms with Gasteiger partial charge in [0.1, 0.15) is 0 Å². The van der Waals surface area contributed by atoms with Gasteiger partial charge in [0, 0.05) is 18.2 Å². The molecule has 118 valence electrons. The van der Waals surface area contributed by atoms with Gasteiger partial charge in [-0.15, -0.1) is 0 Å². The highest BCUT2D eigenvalue weighted by Crippen LogP contribution is 2.12. The quantitative estimate of drug-likeness (QED) is 0.679. The first-order valence-corrected chi connectivity index (χ1v) is 7.15. The Hall–Kier alpha value is -2.95. The summed E-state index contributed by atoms with van der Waals surface area (Å²) in [7, 11) is 1.47. The van der Waals surface area contributed by atoms with Crippen molar-refractivity contribution in [2.45, 2.75) is 13.0 Å². The number of likely N-dealkylation sites (N-methyl/N-ethyl adjacent to an activating group) is 1. The largest absolute Gasteiger partial charge is 0.449 e. The van der Waals surface area contributed by atoms with E-state index >= 15 is 0 Å². The van der Waals surface area contributed by atoms with Crippen LogP contribution in [0.3, 0.4) is 0 Å². The molecule has 0 aromatic heterocycles. The van der Waals surface area contributed by atoms with Crippen molar-refractivity contribution in [1.82, 2.24) is 5.32 Å². The van der Waals surface area contributed by atoms with Gasteiger partial charge in [0.15, 0.2) is 11.9 Å². The average molecular weight is 311 g/mol. The molecule has 5 nitrogen and oxygen atoms in total. The molecule has 0 bridgehead atoms. The van der Waals surface area contributed by atoms with Crippen molar-refractivity contribution in [3.63, 3.8) is 0 Å². The smallest absolute Gasteiger partial charge is 0.338 e. The summed E-state index contributed by atoms with van der Waals surface area (Å²) < 4.78 is 5.04. The molecule has 2 aromatic rings. The van der Waals surface area contributed by atoms with Crippen LogP contribution in [0.4, 0.5) is 0 Å². The van der Waals surface area contributed by atoms with E-state index in [-0.39, 0.29) is 17.3 Å². The Kier molecular flexibility index (Phi) is 5.25. The molecule has 0 unspecified atom stereocenters. The predicted octanol–water partition coefficient (Wildman–Crippen LogP) is 2.21. The molecular weight excluding hydrogens is 294 g/mol. The summed E-state index contributed by atoms with van der Waals surface area (Å²) in [6.07, 6.45) is -0.877. The number of hydrogen-bond acceptors (Lipinski definition) is 4. The maximum atomic E-state index is 12.3. The van der Waals surface area contributed by atoms with Gasteiger partial charge in [-0.2, -0.15) is 0 Å². The summed E-state index contributed by atoms with van der Waals surface area (Å²) in [5, 5.41) is 2.40. The van der Waals surface area contributed by atoms with E-state index in [1.54, 1.807) is 36.4 Å². The number of ketones is 1. The number of ether oxygens (including phenoxy) is 1. The molecule has 0 radical (unpaired) electrons. The summed E-state index contributed by atoms with van der Waals surface area (Å²) in [5.41, 5.74) is 1.34. The van der Waals surface area contributed by atoms with Crippen molar-refractivity contribution in [3.05, 3.63) is 71.3 Å². The highest BCUT2D eigenvalue weighted by Gasteiger charge is 2.18. The lowest BCUT2D eigenvalue weighted by Gasteiger charge is -2.11. The molecule has 2 rings (SSSR count). The Morgan fingerprint density at radius 3 is 1.96 bits per heavy atom. The van der Waals surface area contributed by atoms with Gasteiger partial charge in [0.05, 0.1) is 5.56 Å². The molecule has 0 aliphatic heterocycles. The molecule has 0 saturated heterocycles. The second kappa shape index (κ2) is 7.35. The van der Waals surface area contributed by atoms with Crippen molar-refractivity contribution in [1.29, 1.82) is 0 Å². The SMILES string of the molecule is CNC(=O)[C@H](C)OC(=O)c1ccc(C(=O)c2ccccc2)cc1. The molecule has 0 spiro atoms. The first-order valence-electron chi connectivity index (χ1n) is 7.15. The summed E-state index contributed by atoms with van der Waals surface area (Å²) in [4.78, 5) is 35.5. The lowest BCUT2D eigenvalue weighted by atomic mass is 10.0. The van der Waals surface area contributed by atoms with Crippen LogP contribution in [0.5, 0.6) is 0 Å². The third-order valence-corrected chi connectivity index (χ3v) is 3.32. The van der Waals surface area contributed by atoms with Crippen molar-refractivity contribution in [2.24, 2.45) is 0 Å². The fourth-order valence-electron chi connectivity index (χ4n) is 2.00. The Morgan fingerprint density at radius 1 is 0.870 bits per heavy atom. The number of esters is 1. The van der Waals surface area contributed by atoms with Gasteiger partial charge < -0.3 is 10.1 Å². The summed E-state index contributed by atoms with van der Waals surface area (Å²) in [6.45, 7) is 1.49. The molecule has 0 heterocycles. The minimum absolute atomic E-state index is 0.121. The number of carbonyl (C=O) groups is 3. The van der Waals surface area contributed by atoms with E-state index in [1.807, 2.05) is 6.07 Å². The minimum atomic E-state index is -0.877. The molecule has 0 saturated carbocycles. The van der Waals surface area contributed by atoms with Gasteiger partial charge in [-0.05, 0) is 19.1 Å². The number of nitrogens with one attached hydrogen (secondary N) is 1. The molecule has 1 atom stereocenters. The molecule has 5 heteroatoms. The minimum Gasteiger partial charge on any atom is -0.449 e. The Morgan fingerprint density at radius 2 is 1.39 bits per heavy atom. The number of carbonyl (C=O) groups excluding carboxylic acids is 3. The predicted molar refractivity (Wildman–Crippen MR) is 85.3 cm³/mol. The number of benzene rings is 2. The van der Waals surface area contributed by atoms with E-state index in [9.17, 15) is 14.4 Å². The molecule has 1 N–H and O–H groups in total. The Labute approximate surface area is 134 Å². The van der Waals surface area contributed by atoms with Gasteiger partial charge >= 0.3 is 5.97 Å². The average Bonchev–Trinajstić information content (AvgIpc) is 2.61. The third kappa shape index (κ3) is 4.03. The zero-order chi connectivity index (χ0) is 16.8. The summed E-state index contributed by atoms with van der Waals surface area (Å²) >= 11 is 0. The fraction of sp³-hybridized carbons (Fsp3) is 0.167. The molecule has 23 heavy (non-hydrogen) atoms. The van der Waals surface area contributed by atoms with Crippen molar-refractivity contribution in [2.75, 3.05) is 7.05 Å². The first kappa shape index (κ1) is 16.4. The van der Waals surface area contributed by atoms with Crippen molar-refractivity contribution in [3.8, 4) is 0 Å². The van der Waals surface area contributed by atoms with Crippen LogP contribution >= 0.6 is 0 Å². The lowest BCUT2D eigenvalue weighted by molar-refractivity contribution is -0.128. The summed E-state index contributed by atoms with van der Waals surface area (Å²) in [6, 6.07) is 15.0. The van der Waals surface area contributed by atoms with E-state index in [0.717, 1.165) is 0 Å². The van der Waals surface area contributed by atoms with Crippen LogP contribution in [0.2, 0.25) is 0 Å². The van der Waals surface area contributed by atoms with Crippen LogP contribution in [0, 0.1) is 0 Å². The van der Waals surface area contributed by atoms with E-state index in [0.29, 0.717) is 11.1 Å². The van der Waals surface area contributed by atoms with E-state index < -0.39 is 12.1 Å². The zero-order valence-corrected chi connectivity index (χ0v) is 12.9. The Balaban J connectivity index is 2.09. The lowest BCUT2D eigenvalue weighted by Crippen LogP contribution is -2.33. The zero-order valence-electron chi connectivity index (χ0n) is 12.9. The normalized spacial score (nSPS) is 11.4. The van der Waals surface area contributed by atoms with Crippen molar-refractivity contribution >= 4 is 17.7 Å². The second-order valence-electron chi connectivity index (χ2n) is 4.93. The number of rotatable bonds is 5.